The zero-order valence-corrected chi connectivity index (χ0v) is 17.7. The molecule has 3 aliphatic rings. The summed E-state index contributed by atoms with van der Waals surface area (Å²) in [6.07, 6.45) is 10.1. The molecule has 160 valence electrons. The number of aliphatic hydroxyl groups excluding tert-OH is 1. The third kappa shape index (κ3) is 3.68. The second-order valence-corrected chi connectivity index (χ2v) is 9.49. The Morgan fingerprint density at radius 2 is 2.07 bits per heavy atom. The molecule has 0 radical (unpaired) electrons. The van der Waals surface area contributed by atoms with Crippen molar-refractivity contribution in [1.82, 2.24) is 0 Å². The summed E-state index contributed by atoms with van der Waals surface area (Å²) < 4.78 is 11.0. The second-order valence-electron chi connectivity index (χ2n) is 9.49. The number of aliphatic hydroxyl groups is 2. The highest BCUT2D eigenvalue weighted by Gasteiger charge is 2.69. The Hall–Kier alpha value is -1.92. The summed E-state index contributed by atoms with van der Waals surface area (Å²) in [6, 6.07) is 0. The van der Waals surface area contributed by atoms with Gasteiger partial charge in [0.05, 0.1) is 6.10 Å². The van der Waals surface area contributed by atoms with Gasteiger partial charge in [-0.15, -0.1) is 0 Å². The Balaban J connectivity index is 1.87. The number of rotatable bonds is 5. The van der Waals surface area contributed by atoms with E-state index in [1.807, 2.05) is 6.92 Å². The standard InChI is InChI=1S/C23H32O6/c1-15(24)9-6-5-7-10-18(25)29-17-13-16-14-28-20(26)23(16,27)22(4)12-8-11-21(2,3)19(17)22/h5-7,10,13,15,17,19,24,27H,8-9,11-12,14H2,1-4H3/b6-5+,10-7+. The van der Waals surface area contributed by atoms with E-state index < -0.39 is 35.2 Å². The molecule has 5 unspecified atom stereocenters. The van der Waals surface area contributed by atoms with Gasteiger partial charge < -0.3 is 19.7 Å². The van der Waals surface area contributed by atoms with Crippen LogP contribution in [0.15, 0.2) is 36.0 Å². The van der Waals surface area contributed by atoms with Gasteiger partial charge in [-0.3, -0.25) is 0 Å². The summed E-state index contributed by atoms with van der Waals surface area (Å²) >= 11 is 0. The molecule has 6 heteroatoms. The van der Waals surface area contributed by atoms with E-state index in [0.29, 0.717) is 18.4 Å². The molecule has 2 N–H and O–H groups in total. The Kier molecular flexibility index (Phi) is 5.80. The molecular weight excluding hydrogens is 372 g/mol. The van der Waals surface area contributed by atoms with Crippen molar-refractivity contribution in [3.05, 3.63) is 36.0 Å². The lowest BCUT2D eigenvalue weighted by atomic mass is 9.46. The van der Waals surface area contributed by atoms with E-state index in [1.54, 1.807) is 31.2 Å². The van der Waals surface area contributed by atoms with Gasteiger partial charge in [-0.2, -0.15) is 0 Å². The molecule has 0 aromatic carbocycles. The molecule has 5 atom stereocenters. The minimum atomic E-state index is -1.65. The minimum absolute atomic E-state index is 0.0318. The fourth-order valence-electron chi connectivity index (χ4n) is 5.61. The van der Waals surface area contributed by atoms with Crippen LogP contribution < -0.4 is 0 Å². The van der Waals surface area contributed by atoms with Gasteiger partial charge in [0.15, 0.2) is 5.60 Å². The van der Waals surface area contributed by atoms with E-state index in [2.05, 4.69) is 13.8 Å². The lowest BCUT2D eigenvalue weighted by Crippen LogP contribution is -2.65. The van der Waals surface area contributed by atoms with Crippen molar-refractivity contribution >= 4 is 11.9 Å². The van der Waals surface area contributed by atoms with Crippen LogP contribution in [0.5, 0.6) is 0 Å². The third-order valence-electron chi connectivity index (χ3n) is 6.89. The fourth-order valence-corrected chi connectivity index (χ4v) is 5.61. The van der Waals surface area contributed by atoms with Crippen molar-refractivity contribution in [3.8, 4) is 0 Å². The maximum absolute atomic E-state index is 12.5. The summed E-state index contributed by atoms with van der Waals surface area (Å²) in [5.74, 6) is -1.29. The first kappa shape index (κ1) is 21.8. The van der Waals surface area contributed by atoms with E-state index >= 15 is 0 Å². The number of ether oxygens (including phenoxy) is 2. The van der Waals surface area contributed by atoms with Crippen molar-refractivity contribution in [2.45, 2.75) is 71.2 Å². The molecule has 0 amide bonds. The lowest BCUT2D eigenvalue weighted by Gasteiger charge is -2.59. The van der Waals surface area contributed by atoms with Crippen LogP contribution in [0.25, 0.3) is 0 Å². The lowest BCUT2D eigenvalue weighted by molar-refractivity contribution is -0.194. The zero-order valence-electron chi connectivity index (χ0n) is 17.7. The van der Waals surface area contributed by atoms with Gasteiger partial charge in [-0.1, -0.05) is 45.4 Å². The maximum Gasteiger partial charge on any atom is 0.343 e. The predicted octanol–water partition coefficient (Wildman–Crippen LogP) is 2.84. The van der Waals surface area contributed by atoms with E-state index in [-0.39, 0.29) is 17.9 Å². The van der Waals surface area contributed by atoms with Gasteiger partial charge in [-0.05, 0) is 37.7 Å². The van der Waals surface area contributed by atoms with E-state index in [1.165, 1.54) is 6.08 Å². The fraction of sp³-hybridized carbons (Fsp3) is 0.652. The summed E-state index contributed by atoms with van der Waals surface area (Å²) in [5.41, 5.74) is -2.15. The number of esters is 2. The highest BCUT2D eigenvalue weighted by atomic mass is 16.6. The van der Waals surface area contributed by atoms with Crippen LogP contribution in [0.3, 0.4) is 0 Å². The average Bonchev–Trinajstić information content (AvgIpc) is 2.90. The number of hydrogen-bond donors (Lipinski definition) is 2. The molecule has 3 rings (SSSR count). The highest BCUT2D eigenvalue weighted by molar-refractivity contribution is 5.88. The predicted molar refractivity (Wildman–Crippen MR) is 108 cm³/mol. The maximum atomic E-state index is 12.5. The molecule has 2 aliphatic carbocycles. The molecule has 0 spiro atoms. The zero-order chi connectivity index (χ0) is 21.4. The van der Waals surface area contributed by atoms with Gasteiger partial charge in [0.1, 0.15) is 12.7 Å². The van der Waals surface area contributed by atoms with E-state index in [0.717, 1.165) is 12.8 Å². The number of hydrogen-bond acceptors (Lipinski definition) is 6. The van der Waals surface area contributed by atoms with Crippen molar-refractivity contribution < 1.29 is 29.3 Å². The van der Waals surface area contributed by atoms with Crippen LogP contribution in [0, 0.1) is 16.7 Å². The largest absolute Gasteiger partial charge is 0.459 e. The van der Waals surface area contributed by atoms with Crippen LogP contribution in [0.1, 0.15) is 53.4 Å². The SMILES string of the molecule is CC(O)C/C=C/C=C/C(=O)OC1C=C2COC(=O)C2(O)C2(C)CCCC(C)(C)C12. The van der Waals surface area contributed by atoms with Crippen molar-refractivity contribution in [2.75, 3.05) is 6.61 Å². The number of carbonyl (C=O) groups is 2. The molecule has 0 bridgehead atoms. The molecule has 0 aromatic rings. The molecular formula is C23H32O6. The van der Waals surface area contributed by atoms with Crippen LogP contribution >= 0.6 is 0 Å². The van der Waals surface area contributed by atoms with Crippen molar-refractivity contribution in [3.63, 3.8) is 0 Å². The van der Waals surface area contributed by atoms with Crippen LogP contribution in [-0.2, 0) is 19.1 Å². The molecule has 29 heavy (non-hydrogen) atoms. The van der Waals surface area contributed by atoms with Crippen LogP contribution in [0.2, 0.25) is 0 Å². The van der Waals surface area contributed by atoms with E-state index in [9.17, 15) is 19.8 Å². The average molecular weight is 405 g/mol. The normalized spacial score (nSPS) is 37.0. The number of fused-ring (bicyclic) bond motifs is 3. The van der Waals surface area contributed by atoms with Crippen LogP contribution in [-0.4, -0.2) is 46.6 Å². The molecule has 1 aliphatic heterocycles. The molecule has 2 fully saturated rings. The first-order chi connectivity index (χ1) is 13.5. The van der Waals surface area contributed by atoms with Gasteiger partial charge >= 0.3 is 11.9 Å². The van der Waals surface area contributed by atoms with Gasteiger partial charge in [0, 0.05) is 23.0 Å². The molecule has 1 saturated heterocycles. The minimum Gasteiger partial charge on any atom is -0.459 e. The van der Waals surface area contributed by atoms with Gasteiger partial charge in [0.2, 0.25) is 0 Å². The van der Waals surface area contributed by atoms with Crippen LogP contribution in [0.4, 0.5) is 0 Å². The molecule has 1 heterocycles. The monoisotopic (exact) mass is 404 g/mol. The van der Waals surface area contributed by atoms with Gasteiger partial charge in [-0.25, -0.2) is 9.59 Å². The second kappa shape index (κ2) is 7.73. The Morgan fingerprint density at radius 1 is 1.34 bits per heavy atom. The summed E-state index contributed by atoms with van der Waals surface area (Å²) in [4.78, 5) is 25.0. The van der Waals surface area contributed by atoms with Crippen molar-refractivity contribution in [2.24, 2.45) is 16.7 Å². The molecule has 0 aromatic heterocycles. The summed E-state index contributed by atoms with van der Waals surface area (Å²) in [7, 11) is 0. The molecule has 1 saturated carbocycles. The topological polar surface area (TPSA) is 93.1 Å². The Bertz CT molecular complexity index is 761. The van der Waals surface area contributed by atoms with Crippen molar-refractivity contribution in [1.29, 1.82) is 0 Å². The number of allylic oxidation sites excluding steroid dienone is 2. The smallest absolute Gasteiger partial charge is 0.343 e. The first-order valence-electron chi connectivity index (χ1n) is 10.3. The summed E-state index contributed by atoms with van der Waals surface area (Å²) in [6.45, 7) is 7.86. The Labute approximate surface area is 172 Å². The van der Waals surface area contributed by atoms with E-state index in [4.69, 9.17) is 9.47 Å². The summed E-state index contributed by atoms with van der Waals surface area (Å²) in [5, 5.41) is 20.7. The molecule has 6 nitrogen and oxygen atoms in total. The number of cyclic esters (lactones) is 1. The number of carbonyl (C=O) groups excluding carboxylic acids is 2. The Morgan fingerprint density at radius 3 is 2.76 bits per heavy atom. The highest BCUT2D eigenvalue weighted by Crippen LogP contribution is 2.63. The van der Waals surface area contributed by atoms with Gasteiger partial charge in [0.25, 0.3) is 0 Å². The first-order valence-corrected chi connectivity index (χ1v) is 10.3. The third-order valence-corrected chi connectivity index (χ3v) is 6.89. The quantitative estimate of drug-likeness (QED) is 0.317.